The number of amides is 2. The third-order valence-electron chi connectivity index (χ3n) is 3.72. The number of carbonyl (C=O) groups is 3. The quantitative estimate of drug-likeness (QED) is 0.801. The maximum absolute atomic E-state index is 12.3. The first-order valence-corrected chi connectivity index (χ1v) is 7.67. The molecular weight excluding hydrogens is 292 g/mol. The van der Waals surface area contributed by atoms with Gasteiger partial charge in [-0.3, -0.25) is 14.4 Å². The number of rotatable bonds is 6. The van der Waals surface area contributed by atoms with Crippen LogP contribution in [0.15, 0.2) is 12.1 Å². The Morgan fingerprint density at radius 1 is 1.62 bits per heavy atom. The third kappa shape index (κ3) is 3.41. The highest BCUT2D eigenvalue weighted by Crippen LogP contribution is 2.36. The molecule has 2 atom stereocenters. The summed E-state index contributed by atoms with van der Waals surface area (Å²) in [5.74, 6) is -0.404. The van der Waals surface area contributed by atoms with Crippen molar-refractivity contribution in [1.82, 2.24) is 4.90 Å². The zero-order chi connectivity index (χ0) is 15.4. The lowest BCUT2D eigenvalue weighted by Crippen LogP contribution is -2.50. The zero-order valence-corrected chi connectivity index (χ0v) is 12.6. The first kappa shape index (κ1) is 15.5. The number of thiophene rings is 1. The SMILES string of the molecule is CCC(C(N)=O)N1CCC(c2ccc(OC=O)s2)CC1=O. The van der Waals surface area contributed by atoms with Crippen molar-refractivity contribution >= 4 is 29.6 Å². The summed E-state index contributed by atoms with van der Waals surface area (Å²) in [6.45, 7) is 2.76. The Morgan fingerprint density at radius 3 is 2.95 bits per heavy atom. The highest BCUT2D eigenvalue weighted by molar-refractivity contribution is 7.14. The lowest BCUT2D eigenvalue weighted by atomic mass is 9.93. The molecule has 2 N–H and O–H groups in total. The van der Waals surface area contributed by atoms with Gasteiger partial charge < -0.3 is 15.4 Å². The molecule has 0 radical (unpaired) electrons. The second kappa shape index (κ2) is 6.71. The maximum atomic E-state index is 12.3. The van der Waals surface area contributed by atoms with Crippen LogP contribution in [0.3, 0.4) is 0 Å². The van der Waals surface area contributed by atoms with E-state index in [4.69, 9.17) is 10.5 Å². The van der Waals surface area contributed by atoms with Crippen LogP contribution >= 0.6 is 11.3 Å². The summed E-state index contributed by atoms with van der Waals surface area (Å²) in [5.41, 5.74) is 5.34. The smallest absolute Gasteiger partial charge is 0.299 e. The summed E-state index contributed by atoms with van der Waals surface area (Å²) >= 11 is 1.37. The molecule has 2 amide bonds. The molecule has 1 aliphatic heterocycles. The molecule has 21 heavy (non-hydrogen) atoms. The monoisotopic (exact) mass is 310 g/mol. The van der Waals surface area contributed by atoms with Gasteiger partial charge in [-0.15, -0.1) is 11.3 Å². The topological polar surface area (TPSA) is 89.7 Å². The van der Waals surface area contributed by atoms with Crippen LogP contribution in [0.25, 0.3) is 0 Å². The number of ether oxygens (including phenoxy) is 1. The number of primary amides is 1. The predicted molar refractivity (Wildman–Crippen MR) is 78.0 cm³/mol. The van der Waals surface area contributed by atoms with Crippen molar-refractivity contribution in [2.24, 2.45) is 5.73 Å². The molecule has 1 aromatic heterocycles. The van der Waals surface area contributed by atoms with Crippen LogP contribution in [-0.2, 0) is 14.4 Å². The number of nitrogens with two attached hydrogens (primary N) is 1. The van der Waals surface area contributed by atoms with Crippen molar-refractivity contribution in [3.8, 4) is 5.06 Å². The molecule has 1 aromatic rings. The Kier molecular flexibility index (Phi) is 4.95. The van der Waals surface area contributed by atoms with E-state index in [0.29, 0.717) is 30.9 Å². The first-order chi connectivity index (χ1) is 10.1. The van der Waals surface area contributed by atoms with Crippen LogP contribution < -0.4 is 10.5 Å². The Labute approximate surface area is 126 Å². The van der Waals surface area contributed by atoms with Crippen molar-refractivity contribution in [2.75, 3.05) is 6.54 Å². The molecular formula is C14H18N2O4S. The number of piperidine rings is 1. The largest absolute Gasteiger partial charge is 0.418 e. The van der Waals surface area contributed by atoms with Gasteiger partial charge >= 0.3 is 0 Å². The predicted octanol–water partition coefficient (Wildman–Crippen LogP) is 1.25. The van der Waals surface area contributed by atoms with Gasteiger partial charge in [0, 0.05) is 23.8 Å². The van der Waals surface area contributed by atoms with Crippen molar-refractivity contribution < 1.29 is 19.1 Å². The zero-order valence-electron chi connectivity index (χ0n) is 11.8. The van der Waals surface area contributed by atoms with Crippen LogP contribution in [-0.4, -0.2) is 35.8 Å². The number of nitrogens with zero attached hydrogens (tertiary/aromatic N) is 1. The van der Waals surface area contributed by atoms with Gasteiger partial charge in [0.2, 0.25) is 11.8 Å². The summed E-state index contributed by atoms with van der Waals surface area (Å²) in [6, 6.07) is 3.09. The minimum atomic E-state index is -0.518. The van der Waals surface area contributed by atoms with Gasteiger partial charge in [-0.2, -0.15) is 0 Å². The summed E-state index contributed by atoms with van der Waals surface area (Å²) < 4.78 is 4.79. The van der Waals surface area contributed by atoms with E-state index < -0.39 is 11.9 Å². The van der Waals surface area contributed by atoms with Crippen LogP contribution in [0.4, 0.5) is 0 Å². The van der Waals surface area contributed by atoms with Crippen LogP contribution in [0, 0.1) is 0 Å². The van der Waals surface area contributed by atoms with Crippen LogP contribution in [0.1, 0.15) is 37.0 Å². The molecule has 7 heteroatoms. The van der Waals surface area contributed by atoms with E-state index >= 15 is 0 Å². The maximum Gasteiger partial charge on any atom is 0.299 e. The molecule has 1 fully saturated rings. The summed E-state index contributed by atoms with van der Waals surface area (Å²) in [7, 11) is 0. The van der Waals surface area contributed by atoms with Crippen LogP contribution in [0.5, 0.6) is 5.06 Å². The van der Waals surface area contributed by atoms with Gasteiger partial charge in [0.25, 0.3) is 6.47 Å². The standard InChI is InChI=1S/C14H18N2O4S/c1-2-10(14(15)19)16-6-5-9(7-12(16)18)11-3-4-13(21-11)20-8-17/h3-4,8-10H,2,5-7H2,1H3,(H2,15,19). The molecule has 1 aliphatic rings. The molecule has 1 saturated heterocycles. The minimum Gasteiger partial charge on any atom is -0.418 e. The molecule has 0 bridgehead atoms. The summed E-state index contributed by atoms with van der Waals surface area (Å²) in [5, 5.41) is 0.526. The fraction of sp³-hybridized carbons (Fsp3) is 0.500. The minimum absolute atomic E-state index is 0.0526. The lowest BCUT2D eigenvalue weighted by molar-refractivity contribution is -0.142. The second-order valence-electron chi connectivity index (χ2n) is 4.97. The van der Waals surface area contributed by atoms with Crippen molar-refractivity contribution in [1.29, 1.82) is 0 Å². The molecule has 6 nitrogen and oxygen atoms in total. The van der Waals surface area contributed by atoms with E-state index in [-0.39, 0.29) is 11.8 Å². The van der Waals surface area contributed by atoms with Crippen molar-refractivity contribution in [3.05, 3.63) is 17.0 Å². The Hall–Kier alpha value is -1.89. The molecule has 2 heterocycles. The molecule has 2 rings (SSSR count). The Bertz CT molecular complexity index is 543. The van der Waals surface area contributed by atoms with E-state index in [9.17, 15) is 14.4 Å². The van der Waals surface area contributed by atoms with E-state index in [2.05, 4.69) is 0 Å². The molecule has 0 aliphatic carbocycles. The van der Waals surface area contributed by atoms with E-state index in [1.54, 1.807) is 11.0 Å². The number of carbonyl (C=O) groups excluding carboxylic acids is 3. The van der Waals surface area contributed by atoms with E-state index in [1.807, 2.05) is 13.0 Å². The number of hydrogen-bond donors (Lipinski definition) is 1. The highest BCUT2D eigenvalue weighted by Gasteiger charge is 2.33. The van der Waals surface area contributed by atoms with Gasteiger partial charge in [0.1, 0.15) is 6.04 Å². The van der Waals surface area contributed by atoms with Gasteiger partial charge in [-0.1, -0.05) is 6.92 Å². The molecule has 114 valence electrons. The van der Waals surface area contributed by atoms with Crippen molar-refractivity contribution in [3.63, 3.8) is 0 Å². The van der Waals surface area contributed by atoms with E-state index in [1.165, 1.54) is 11.3 Å². The molecule has 2 unspecified atom stereocenters. The number of hydrogen-bond acceptors (Lipinski definition) is 5. The second-order valence-corrected chi connectivity index (χ2v) is 6.05. The Balaban J connectivity index is 2.04. The molecule has 0 aromatic carbocycles. The average Bonchev–Trinajstić information content (AvgIpc) is 2.90. The fourth-order valence-corrected chi connectivity index (χ4v) is 3.62. The highest BCUT2D eigenvalue weighted by atomic mass is 32.1. The van der Waals surface area contributed by atoms with Gasteiger partial charge in [0.15, 0.2) is 5.06 Å². The van der Waals surface area contributed by atoms with Gasteiger partial charge in [-0.05, 0) is 25.0 Å². The van der Waals surface area contributed by atoms with Crippen molar-refractivity contribution in [2.45, 2.75) is 38.1 Å². The number of likely N-dealkylation sites (tertiary alicyclic amines) is 1. The van der Waals surface area contributed by atoms with Gasteiger partial charge in [-0.25, -0.2) is 0 Å². The lowest BCUT2D eigenvalue weighted by Gasteiger charge is -2.35. The first-order valence-electron chi connectivity index (χ1n) is 6.85. The van der Waals surface area contributed by atoms with Gasteiger partial charge in [0.05, 0.1) is 0 Å². The van der Waals surface area contributed by atoms with Crippen LogP contribution in [0.2, 0.25) is 0 Å². The average molecular weight is 310 g/mol. The molecule has 0 spiro atoms. The normalized spacial score (nSPS) is 20.1. The molecule has 0 saturated carbocycles. The summed E-state index contributed by atoms with van der Waals surface area (Å²) in [4.78, 5) is 36.5. The third-order valence-corrected chi connectivity index (χ3v) is 4.86. The Morgan fingerprint density at radius 2 is 2.38 bits per heavy atom. The summed E-state index contributed by atoms with van der Waals surface area (Å²) in [6.07, 6.45) is 1.66. The fourth-order valence-electron chi connectivity index (χ4n) is 2.66. The van der Waals surface area contributed by atoms with E-state index in [0.717, 1.165) is 11.3 Å².